The van der Waals surface area contributed by atoms with Crippen molar-refractivity contribution in [1.29, 1.82) is 0 Å². The van der Waals surface area contributed by atoms with Crippen LogP contribution in [0.25, 0.3) is 0 Å². The zero-order valence-electron chi connectivity index (χ0n) is 17.6. The van der Waals surface area contributed by atoms with E-state index in [4.69, 9.17) is 14.2 Å². The van der Waals surface area contributed by atoms with Crippen LogP contribution in [0.1, 0.15) is 29.0 Å². The Bertz CT molecular complexity index is 893. The van der Waals surface area contributed by atoms with Crippen molar-refractivity contribution in [3.8, 4) is 17.2 Å². The first-order valence-corrected chi connectivity index (χ1v) is 9.81. The van der Waals surface area contributed by atoms with E-state index in [1.807, 2.05) is 48.5 Å². The standard InChI is InChI=1S/C25H27NO4/c1-28-22-14-18(15-23(29-2)25(22)30-3)17-26-24(27)16-21(19-10-6-4-7-11-19)20-12-8-5-9-13-20/h4-15,21H,16-17H2,1-3H3,(H,26,27). The molecule has 0 spiro atoms. The Balaban J connectivity index is 1.74. The zero-order chi connectivity index (χ0) is 21.3. The minimum Gasteiger partial charge on any atom is -0.493 e. The summed E-state index contributed by atoms with van der Waals surface area (Å²) in [5, 5.41) is 3.02. The minimum atomic E-state index is -0.0264. The molecule has 5 heteroatoms. The van der Waals surface area contributed by atoms with E-state index in [0.29, 0.717) is 30.2 Å². The van der Waals surface area contributed by atoms with E-state index in [-0.39, 0.29) is 11.8 Å². The normalized spacial score (nSPS) is 10.5. The molecule has 0 atom stereocenters. The maximum absolute atomic E-state index is 12.8. The van der Waals surface area contributed by atoms with Gasteiger partial charge in [0.2, 0.25) is 11.7 Å². The van der Waals surface area contributed by atoms with Gasteiger partial charge in [0.05, 0.1) is 21.3 Å². The number of carbonyl (C=O) groups is 1. The number of hydrogen-bond donors (Lipinski definition) is 1. The van der Waals surface area contributed by atoms with Gasteiger partial charge in [0.25, 0.3) is 0 Å². The van der Waals surface area contributed by atoms with Crippen LogP contribution >= 0.6 is 0 Å². The quantitative estimate of drug-likeness (QED) is 0.567. The van der Waals surface area contributed by atoms with E-state index in [1.165, 1.54) is 0 Å². The highest BCUT2D eigenvalue weighted by atomic mass is 16.5. The van der Waals surface area contributed by atoms with Crippen LogP contribution in [0.15, 0.2) is 72.8 Å². The number of rotatable bonds is 9. The largest absolute Gasteiger partial charge is 0.493 e. The lowest BCUT2D eigenvalue weighted by Gasteiger charge is -2.18. The first kappa shape index (κ1) is 21.2. The van der Waals surface area contributed by atoms with Gasteiger partial charge in [0.1, 0.15) is 0 Å². The maximum Gasteiger partial charge on any atom is 0.221 e. The fraction of sp³-hybridized carbons (Fsp3) is 0.240. The molecule has 0 heterocycles. The third-order valence-corrected chi connectivity index (χ3v) is 5.01. The Kier molecular flexibility index (Phi) is 7.33. The van der Waals surface area contributed by atoms with Gasteiger partial charge in [-0.1, -0.05) is 60.7 Å². The summed E-state index contributed by atoms with van der Waals surface area (Å²) < 4.78 is 16.1. The van der Waals surface area contributed by atoms with E-state index >= 15 is 0 Å². The highest BCUT2D eigenvalue weighted by Gasteiger charge is 2.19. The molecule has 1 N–H and O–H groups in total. The van der Waals surface area contributed by atoms with Gasteiger partial charge in [-0.05, 0) is 28.8 Å². The van der Waals surface area contributed by atoms with Gasteiger partial charge in [-0.2, -0.15) is 0 Å². The first-order chi connectivity index (χ1) is 14.7. The highest BCUT2D eigenvalue weighted by Crippen LogP contribution is 2.38. The predicted octanol–water partition coefficient (Wildman–Crippen LogP) is 4.55. The Morgan fingerprint density at radius 2 is 1.30 bits per heavy atom. The van der Waals surface area contributed by atoms with Crippen LogP contribution in [0.5, 0.6) is 17.2 Å². The van der Waals surface area contributed by atoms with Gasteiger partial charge in [-0.3, -0.25) is 4.79 Å². The number of nitrogens with one attached hydrogen (secondary N) is 1. The topological polar surface area (TPSA) is 56.8 Å². The van der Waals surface area contributed by atoms with E-state index in [2.05, 4.69) is 29.6 Å². The fourth-order valence-corrected chi connectivity index (χ4v) is 3.49. The number of hydrogen-bond acceptors (Lipinski definition) is 4. The molecule has 5 nitrogen and oxygen atoms in total. The Morgan fingerprint density at radius 3 is 1.73 bits per heavy atom. The van der Waals surface area contributed by atoms with Gasteiger partial charge in [0.15, 0.2) is 11.5 Å². The lowest BCUT2D eigenvalue weighted by molar-refractivity contribution is -0.121. The fourth-order valence-electron chi connectivity index (χ4n) is 3.49. The third kappa shape index (κ3) is 5.11. The second-order valence-corrected chi connectivity index (χ2v) is 6.89. The van der Waals surface area contributed by atoms with Crippen LogP contribution in [0, 0.1) is 0 Å². The first-order valence-electron chi connectivity index (χ1n) is 9.81. The third-order valence-electron chi connectivity index (χ3n) is 5.01. The molecule has 0 aliphatic heterocycles. The van der Waals surface area contributed by atoms with E-state index in [1.54, 1.807) is 21.3 Å². The molecule has 0 fully saturated rings. The van der Waals surface area contributed by atoms with Crippen LogP contribution in [0.3, 0.4) is 0 Å². The van der Waals surface area contributed by atoms with Gasteiger partial charge in [-0.15, -0.1) is 0 Å². The molecule has 3 aromatic carbocycles. The summed E-state index contributed by atoms with van der Waals surface area (Å²) in [7, 11) is 4.71. The van der Waals surface area contributed by atoms with E-state index in [0.717, 1.165) is 16.7 Å². The summed E-state index contributed by atoms with van der Waals surface area (Å²) in [6, 6.07) is 23.9. The minimum absolute atomic E-state index is 0.00709. The average Bonchev–Trinajstić information content (AvgIpc) is 2.81. The van der Waals surface area contributed by atoms with Crippen molar-refractivity contribution in [3.63, 3.8) is 0 Å². The SMILES string of the molecule is COc1cc(CNC(=O)CC(c2ccccc2)c2ccccc2)cc(OC)c1OC. The molecule has 0 bridgehead atoms. The van der Waals surface area contributed by atoms with Crippen LogP contribution in [0.4, 0.5) is 0 Å². The van der Waals surface area contributed by atoms with Crippen molar-refractivity contribution in [2.45, 2.75) is 18.9 Å². The summed E-state index contributed by atoms with van der Waals surface area (Å²) in [5.41, 5.74) is 3.10. The van der Waals surface area contributed by atoms with Gasteiger partial charge in [-0.25, -0.2) is 0 Å². The Morgan fingerprint density at radius 1 is 0.800 bits per heavy atom. The molecule has 0 aromatic heterocycles. The number of carbonyl (C=O) groups excluding carboxylic acids is 1. The number of ether oxygens (including phenoxy) is 3. The molecule has 0 aliphatic carbocycles. The summed E-state index contributed by atoms with van der Waals surface area (Å²) in [6.45, 7) is 0.367. The summed E-state index contributed by atoms with van der Waals surface area (Å²) in [4.78, 5) is 12.8. The molecule has 156 valence electrons. The smallest absolute Gasteiger partial charge is 0.221 e. The van der Waals surface area contributed by atoms with Crippen molar-refractivity contribution in [2.75, 3.05) is 21.3 Å². The zero-order valence-corrected chi connectivity index (χ0v) is 17.6. The molecular formula is C25H27NO4. The summed E-state index contributed by atoms with van der Waals surface area (Å²) in [5.74, 6) is 1.62. The van der Waals surface area contributed by atoms with Crippen molar-refractivity contribution in [2.24, 2.45) is 0 Å². The van der Waals surface area contributed by atoms with Crippen LogP contribution in [0.2, 0.25) is 0 Å². The second-order valence-electron chi connectivity index (χ2n) is 6.89. The molecule has 0 aliphatic rings. The monoisotopic (exact) mass is 405 g/mol. The summed E-state index contributed by atoms with van der Waals surface area (Å²) in [6.07, 6.45) is 0.360. The molecule has 3 aromatic rings. The molecule has 0 saturated heterocycles. The maximum atomic E-state index is 12.8. The van der Waals surface area contributed by atoms with Gasteiger partial charge >= 0.3 is 0 Å². The van der Waals surface area contributed by atoms with Crippen molar-refractivity contribution >= 4 is 5.91 Å². The molecule has 0 radical (unpaired) electrons. The van der Waals surface area contributed by atoms with Crippen LogP contribution < -0.4 is 19.5 Å². The molecule has 1 amide bonds. The Hall–Kier alpha value is -3.47. The number of benzene rings is 3. The highest BCUT2D eigenvalue weighted by molar-refractivity contribution is 5.77. The van der Waals surface area contributed by atoms with Crippen molar-refractivity contribution in [1.82, 2.24) is 5.32 Å². The van der Waals surface area contributed by atoms with Crippen LogP contribution in [-0.4, -0.2) is 27.2 Å². The lowest BCUT2D eigenvalue weighted by atomic mass is 9.88. The molecule has 0 saturated carbocycles. The lowest BCUT2D eigenvalue weighted by Crippen LogP contribution is -2.25. The molecule has 3 rings (SSSR count). The summed E-state index contributed by atoms with van der Waals surface area (Å²) >= 11 is 0. The number of methoxy groups -OCH3 is 3. The molecule has 30 heavy (non-hydrogen) atoms. The van der Waals surface area contributed by atoms with Crippen LogP contribution in [-0.2, 0) is 11.3 Å². The Labute approximate surface area is 177 Å². The molecule has 0 unspecified atom stereocenters. The predicted molar refractivity (Wildman–Crippen MR) is 117 cm³/mol. The van der Waals surface area contributed by atoms with Gasteiger partial charge < -0.3 is 19.5 Å². The number of amides is 1. The second kappa shape index (κ2) is 10.3. The van der Waals surface area contributed by atoms with E-state index < -0.39 is 0 Å². The van der Waals surface area contributed by atoms with Gasteiger partial charge in [0, 0.05) is 18.9 Å². The van der Waals surface area contributed by atoms with Crippen molar-refractivity contribution < 1.29 is 19.0 Å². The average molecular weight is 405 g/mol. The molecular weight excluding hydrogens is 378 g/mol. The van der Waals surface area contributed by atoms with Crippen molar-refractivity contribution in [3.05, 3.63) is 89.5 Å². The van der Waals surface area contributed by atoms with E-state index in [9.17, 15) is 4.79 Å².